The third-order valence-corrected chi connectivity index (χ3v) is 3.73. The second kappa shape index (κ2) is 9.28. The van der Waals surface area contributed by atoms with Crippen LogP contribution in [0.15, 0.2) is 53.7 Å². The largest absolute Gasteiger partial charge is 0.416 e. The number of nitrogens with one attached hydrogen (secondary N) is 1. The van der Waals surface area contributed by atoms with Gasteiger partial charge in [0.1, 0.15) is 23.0 Å². The number of amides is 1. The van der Waals surface area contributed by atoms with Gasteiger partial charge >= 0.3 is 6.18 Å². The number of aliphatic hydroxyl groups is 1. The van der Waals surface area contributed by atoms with Crippen LogP contribution >= 0.6 is 0 Å². The van der Waals surface area contributed by atoms with Crippen molar-refractivity contribution < 1.29 is 31.9 Å². The molecule has 0 spiro atoms. The van der Waals surface area contributed by atoms with Crippen molar-refractivity contribution in [2.24, 2.45) is 10.7 Å². The van der Waals surface area contributed by atoms with E-state index in [0.717, 1.165) is 36.5 Å². The van der Waals surface area contributed by atoms with Gasteiger partial charge < -0.3 is 16.2 Å². The Bertz CT molecular complexity index is 935. The lowest BCUT2D eigenvalue weighted by Crippen LogP contribution is -2.16. The van der Waals surface area contributed by atoms with Gasteiger partial charge in [-0.25, -0.2) is 8.78 Å². The molecule has 0 aliphatic heterocycles. The average molecular weight is 413 g/mol. The molecule has 10 heteroatoms. The van der Waals surface area contributed by atoms with Crippen molar-refractivity contribution >= 4 is 11.7 Å². The van der Waals surface area contributed by atoms with Gasteiger partial charge in [0.15, 0.2) is 0 Å². The van der Waals surface area contributed by atoms with E-state index in [1.807, 2.05) is 0 Å². The molecule has 4 N–H and O–H groups in total. The first kappa shape index (κ1) is 22.0. The molecule has 0 unspecified atom stereocenters. The molecule has 0 saturated heterocycles. The highest BCUT2D eigenvalue weighted by molar-refractivity contribution is 6.06. The summed E-state index contributed by atoms with van der Waals surface area (Å²) in [5.74, 6) is -3.84. The summed E-state index contributed by atoms with van der Waals surface area (Å²) < 4.78 is 66.4. The second-order valence-electron chi connectivity index (χ2n) is 5.80. The lowest BCUT2D eigenvalue weighted by Gasteiger charge is -2.14. The average Bonchev–Trinajstić information content (AvgIpc) is 2.64. The topological polar surface area (TPSA) is 87.7 Å². The minimum absolute atomic E-state index is 0.0839. The Hall–Kier alpha value is -3.27. The first-order valence-electron chi connectivity index (χ1n) is 8.15. The number of aliphatic imine (C=N–C) groups is 1. The molecule has 2 aromatic rings. The fraction of sp³-hybridized carbons (Fsp3) is 0.158. The van der Waals surface area contributed by atoms with Crippen LogP contribution in [0.2, 0.25) is 0 Å². The van der Waals surface area contributed by atoms with E-state index >= 15 is 0 Å². The summed E-state index contributed by atoms with van der Waals surface area (Å²) in [5.41, 5.74) is 3.74. The Morgan fingerprint density at radius 1 is 1.17 bits per heavy atom. The lowest BCUT2D eigenvalue weighted by atomic mass is 10.0. The summed E-state index contributed by atoms with van der Waals surface area (Å²) in [6.07, 6.45) is -2.40. The molecule has 0 aliphatic carbocycles. The van der Waals surface area contributed by atoms with Gasteiger partial charge in [0.2, 0.25) is 0 Å². The Balaban J connectivity index is 2.07. The van der Waals surface area contributed by atoms with E-state index < -0.39 is 47.3 Å². The number of amidine groups is 1. The van der Waals surface area contributed by atoms with Crippen molar-refractivity contribution in [2.45, 2.75) is 19.3 Å². The Kier molecular flexibility index (Phi) is 7.05. The van der Waals surface area contributed by atoms with Gasteiger partial charge in [-0.05, 0) is 35.4 Å². The number of aliphatic hydroxyl groups excluding tert-OH is 1. The highest BCUT2D eigenvalue weighted by Gasteiger charge is 2.33. The monoisotopic (exact) mass is 413 g/mol. The first-order chi connectivity index (χ1) is 13.6. The van der Waals surface area contributed by atoms with Gasteiger partial charge in [-0.3, -0.25) is 4.79 Å². The van der Waals surface area contributed by atoms with Gasteiger partial charge in [-0.15, -0.1) is 0 Å². The quantitative estimate of drug-likeness (QED) is 0.385. The van der Waals surface area contributed by atoms with Crippen LogP contribution in [0.25, 0.3) is 0 Å². The van der Waals surface area contributed by atoms with Gasteiger partial charge in [0, 0.05) is 12.7 Å². The molecule has 154 valence electrons. The number of benzene rings is 2. The number of halogens is 5. The molecule has 0 heterocycles. The van der Waals surface area contributed by atoms with Crippen LogP contribution in [0, 0.1) is 11.6 Å². The fourth-order valence-corrected chi connectivity index (χ4v) is 2.37. The number of hydrogen-bond donors (Lipinski definition) is 3. The predicted octanol–water partition coefficient (Wildman–Crippen LogP) is 3.28. The molecule has 0 fully saturated rings. The summed E-state index contributed by atoms with van der Waals surface area (Å²) in [6.45, 7) is -0.763. The number of hydrogen-bond acceptors (Lipinski definition) is 3. The number of nitrogens with two attached hydrogens (primary N) is 1. The third-order valence-electron chi connectivity index (χ3n) is 3.73. The van der Waals surface area contributed by atoms with Crippen molar-refractivity contribution in [1.82, 2.24) is 5.32 Å². The summed E-state index contributed by atoms with van der Waals surface area (Å²) in [4.78, 5) is 15.2. The Morgan fingerprint density at radius 2 is 1.83 bits per heavy atom. The molecular formula is C19H16F5N3O2. The number of rotatable bonds is 6. The predicted molar refractivity (Wildman–Crippen MR) is 95.7 cm³/mol. The molecule has 0 bridgehead atoms. The number of carbonyl (C=O) groups excluding carboxylic acids is 1. The van der Waals surface area contributed by atoms with E-state index in [-0.39, 0.29) is 17.7 Å². The Morgan fingerprint density at radius 3 is 2.41 bits per heavy atom. The van der Waals surface area contributed by atoms with Crippen LogP contribution in [0.5, 0.6) is 0 Å². The summed E-state index contributed by atoms with van der Waals surface area (Å²) in [6, 6.07) is 6.28. The smallest absolute Gasteiger partial charge is 0.392 e. The molecule has 29 heavy (non-hydrogen) atoms. The van der Waals surface area contributed by atoms with Crippen molar-refractivity contribution in [2.75, 3.05) is 0 Å². The molecule has 0 aromatic heterocycles. The maximum atomic E-state index is 13.5. The van der Waals surface area contributed by atoms with Gasteiger partial charge in [0.25, 0.3) is 5.91 Å². The number of alkyl halides is 3. The van der Waals surface area contributed by atoms with Crippen LogP contribution in [0.1, 0.15) is 27.0 Å². The zero-order valence-corrected chi connectivity index (χ0v) is 14.8. The van der Waals surface area contributed by atoms with Gasteiger partial charge in [-0.2, -0.15) is 18.2 Å². The standard InChI is InChI=1S/C19H16F5N3O2/c20-14-2-1-3-15(21)17(14)18(29)27-16(25)6-7-26-9-12-5-4-11(10-28)8-13(12)19(22,23)24/h1-8,26,28H,9-10H2,(H2,25,27,29)/b7-6-. The normalized spacial score (nSPS) is 12.4. The molecule has 2 rings (SSSR count). The fourth-order valence-electron chi connectivity index (χ4n) is 2.37. The zero-order valence-electron chi connectivity index (χ0n) is 14.8. The summed E-state index contributed by atoms with van der Waals surface area (Å²) >= 11 is 0. The van der Waals surface area contributed by atoms with Crippen LogP contribution in [0.4, 0.5) is 22.0 Å². The molecule has 1 amide bonds. The van der Waals surface area contributed by atoms with E-state index in [9.17, 15) is 26.7 Å². The molecule has 2 aromatic carbocycles. The minimum Gasteiger partial charge on any atom is -0.392 e. The van der Waals surface area contributed by atoms with Crippen LogP contribution in [-0.2, 0) is 19.3 Å². The van der Waals surface area contributed by atoms with E-state index in [1.165, 1.54) is 12.1 Å². The number of nitrogens with zero attached hydrogens (tertiary/aromatic N) is 1. The van der Waals surface area contributed by atoms with Crippen molar-refractivity contribution in [1.29, 1.82) is 0 Å². The van der Waals surface area contributed by atoms with Crippen molar-refractivity contribution in [3.05, 3.63) is 82.6 Å². The van der Waals surface area contributed by atoms with E-state index in [2.05, 4.69) is 10.3 Å². The maximum absolute atomic E-state index is 13.5. The van der Waals surface area contributed by atoms with Gasteiger partial charge in [-0.1, -0.05) is 18.2 Å². The first-order valence-corrected chi connectivity index (χ1v) is 8.15. The molecule has 5 nitrogen and oxygen atoms in total. The summed E-state index contributed by atoms with van der Waals surface area (Å²) in [7, 11) is 0. The minimum atomic E-state index is -4.61. The van der Waals surface area contributed by atoms with E-state index in [0.29, 0.717) is 0 Å². The molecule has 0 saturated carbocycles. The second-order valence-corrected chi connectivity index (χ2v) is 5.80. The molecular weight excluding hydrogens is 397 g/mol. The highest BCUT2D eigenvalue weighted by atomic mass is 19.4. The SMILES string of the molecule is NC(/C=C\NCc1ccc(CO)cc1C(F)(F)F)=NC(=O)c1c(F)cccc1F. The summed E-state index contributed by atoms with van der Waals surface area (Å²) in [5, 5.41) is 11.5. The van der Waals surface area contributed by atoms with Crippen molar-refractivity contribution in [3.63, 3.8) is 0 Å². The van der Waals surface area contributed by atoms with Gasteiger partial charge in [0.05, 0.1) is 12.2 Å². The van der Waals surface area contributed by atoms with E-state index in [4.69, 9.17) is 10.8 Å². The van der Waals surface area contributed by atoms with Crippen molar-refractivity contribution in [3.8, 4) is 0 Å². The maximum Gasteiger partial charge on any atom is 0.416 e. The van der Waals surface area contributed by atoms with Crippen LogP contribution < -0.4 is 11.1 Å². The molecule has 0 atom stereocenters. The number of carbonyl (C=O) groups is 1. The highest BCUT2D eigenvalue weighted by Crippen LogP contribution is 2.32. The zero-order chi connectivity index (χ0) is 21.6. The van der Waals surface area contributed by atoms with Crippen LogP contribution in [0.3, 0.4) is 0 Å². The molecule has 0 aliphatic rings. The van der Waals surface area contributed by atoms with Crippen LogP contribution in [-0.4, -0.2) is 16.8 Å². The van der Waals surface area contributed by atoms with E-state index in [1.54, 1.807) is 0 Å². The Labute approximate surface area is 162 Å². The molecule has 0 radical (unpaired) electrons. The lowest BCUT2D eigenvalue weighted by molar-refractivity contribution is -0.138. The third kappa shape index (κ3) is 5.85.